The molecule has 1 nitrogen and oxygen atoms in total. The molecule has 0 unspecified atom stereocenters. The highest BCUT2D eigenvalue weighted by Crippen LogP contribution is 2.34. The summed E-state index contributed by atoms with van der Waals surface area (Å²) in [5.74, 6) is 0. The smallest absolute Gasteiger partial charge is 0.0273 e. The van der Waals surface area contributed by atoms with E-state index in [-0.39, 0.29) is 0 Å². The van der Waals surface area contributed by atoms with Crippen LogP contribution in [0.5, 0.6) is 0 Å². The molecule has 3 aromatic rings. The number of aryl methyl sites for hydroxylation is 2. The molecule has 0 N–H and O–H groups in total. The van der Waals surface area contributed by atoms with Gasteiger partial charge in [0.1, 0.15) is 0 Å². The van der Waals surface area contributed by atoms with E-state index < -0.39 is 0 Å². The molecule has 106 valence electrons. The van der Waals surface area contributed by atoms with Crippen LogP contribution in [0.4, 0.5) is 0 Å². The molecule has 1 aliphatic carbocycles. The van der Waals surface area contributed by atoms with Crippen LogP contribution in [0.25, 0.3) is 11.6 Å². The van der Waals surface area contributed by atoms with Crippen molar-refractivity contribution in [3.05, 3.63) is 101 Å². The minimum atomic E-state index is 1.10. The molecule has 0 saturated carbocycles. The summed E-state index contributed by atoms with van der Waals surface area (Å²) < 4.78 is 0. The van der Waals surface area contributed by atoms with Gasteiger partial charge in [-0.05, 0) is 64.4 Å². The highest BCUT2D eigenvalue weighted by atomic mass is 14.6. The maximum Gasteiger partial charge on any atom is 0.0273 e. The lowest BCUT2D eigenvalue weighted by molar-refractivity contribution is 0.965. The number of benzene rings is 2. The van der Waals surface area contributed by atoms with Crippen molar-refractivity contribution < 1.29 is 0 Å². The van der Waals surface area contributed by atoms with Crippen molar-refractivity contribution in [2.45, 2.75) is 12.8 Å². The highest BCUT2D eigenvalue weighted by Gasteiger charge is 2.17. The number of hydrogen-bond acceptors (Lipinski definition) is 1. The van der Waals surface area contributed by atoms with Crippen LogP contribution in [0.15, 0.2) is 73.1 Å². The lowest BCUT2D eigenvalue weighted by Gasteiger charge is -2.12. The Morgan fingerprint density at radius 2 is 1.23 bits per heavy atom. The summed E-state index contributed by atoms with van der Waals surface area (Å²) in [5.41, 5.74) is 8.07. The van der Waals surface area contributed by atoms with Gasteiger partial charge in [0.25, 0.3) is 0 Å². The van der Waals surface area contributed by atoms with E-state index in [1.807, 2.05) is 12.4 Å². The Labute approximate surface area is 131 Å². The number of hydrogen-bond donors (Lipinski definition) is 0. The van der Waals surface area contributed by atoms with E-state index in [9.17, 15) is 0 Å². The van der Waals surface area contributed by atoms with Gasteiger partial charge < -0.3 is 0 Å². The van der Waals surface area contributed by atoms with Gasteiger partial charge in [0.05, 0.1) is 0 Å². The Hall–Kier alpha value is -2.67. The van der Waals surface area contributed by atoms with E-state index in [4.69, 9.17) is 0 Å². The molecule has 0 bridgehead atoms. The maximum atomic E-state index is 4.12. The first-order valence-electron chi connectivity index (χ1n) is 7.70. The molecule has 0 atom stereocenters. The number of fused-ring (bicyclic) bond motifs is 2. The van der Waals surface area contributed by atoms with Gasteiger partial charge in [-0.2, -0.15) is 0 Å². The Morgan fingerprint density at radius 3 is 1.82 bits per heavy atom. The second-order valence-electron chi connectivity index (χ2n) is 5.65. The molecule has 0 fully saturated rings. The molecule has 1 heteroatoms. The van der Waals surface area contributed by atoms with Gasteiger partial charge in [-0.25, -0.2) is 0 Å². The van der Waals surface area contributed by atoms with Gasteiger partial charge >= 0.3 is 0 Å². The van der Waals surface area contributed by atoms with Gasteiger partial charge in [-0.3, -0.25) is 4.98 Å². The molecule has 1 aliphatic rings. The van der Waals surface area contributed by atoms with Crippen molar-refractivity contribution >= 4 is 11.6 Å². The van der Waals surface area contributed by atoms with Crippen molar-refractivity contribution in [2.24, 2.45) is 0 Å². The fraction of sp³-hybridized carbons (Fsp3) is 0.0952. The van der Waals surface area contributed by atoms with E-state index in [2.05, 4.69) is 71.7 Å². The van der Waals surface area contributed by atoms with Gasteiger partial charge in [0.2, 0.25) is 0 Å². The standard InChI is InChI=1S/C21H17N/c1-3-7-19-17(5-1)9-10-18-6-2-4-8-20(18)21(19)15-16-11-13-22-14-12-16/h1-8,11-15H,9-10H2. The second-order valence-corrected chi connectivity index (χ2v) is 5.65. The van der Waals surface area contributed by atoms with E-state index in [1.54, 1.807) is 0 Å². The fourth-order valence-corrected chi connectivity index (χ4v) is 3.20. The van der Waals surface area contributed by atoms with Crippen LogP contribution in [0.1, 0.15) is 27.8 Å². The largest absolute Gasteiger partial charge is 0.265 e. The minimum absolute atomic E-state index is 1.10. The lowest BCUT2D eigenvalue weighted by atomic mass is 9.92. The number of pyridine rings is 1. The summed E-state index contributed by atoms with van der Waals surface area (Å²) in [4.78, 5) is 4.12. The van der Waals surface area contributed by atoms with Crippen LogP contribution in [0.3, 0.4) is 0 Å². The van der Waals surface area contributed by atoms with Crippen molar-refractivity contribution in [1.82, 2.24) is 4.98 Å². The molecule has 2 aromatic carbocycles. The third kappa shape index (κ3) is 2.35. The molecule has 0 aliphatic heterocycles. The monoisotopic (exact) mass is 283 g/mol. The SMILES string of the molecule is C(=C1c2ccccc2CCc2ccccc21)c1ccncc1. The molecule has 0 amide bonds. The van der Waals surface area contributed by atoms with Crippen LogP contribution in [0.2, 0.25) is 0 Å². The summed E-state index contributed by atoms with van der Waals surface area (Å²) in [6.07, 6.45) is 8.17. The van der Waals surface area contributed by atoms with E-state index in [0.717, 1.165) is 12.8 Å². The molecule has 1 aromatic heterocycles. The third-order valence-corrected chi connectivity index (χ3v) is 4.30. The van der Waals surface area contributed by atoms with Crippen LogP contribution < -0.4 is 0 Å². The van der Waals surface area contributed by atoms with Crippen molar-refractivity contribution in [2.75, 3.05) is 0 Å². The van der Waals surface area contributed by atoms with Crippen LogP contribution in [-0.2, 0) is 12.8 Å². The topological polar surface area (TPSA) is 12.9 Å². The first kappa shape index (κ1) is 13.0. The number of nitrogens with zero attached hydrogens (tertiary/aromatic N) is 1. The molecule has 22 heavy (non-hydrogen) atoms. The Kier molecular flexibility index (Phi) is 3.32. The number of aromatic nitrogens is 1. The minimum Gasteiger partial charge on any atom is -0.265 e. The van der Waals surface area contributed by atoms with Gasteiger partial charge in [-0.1, -0.05) is 48.5 Å². The Bertz CT molecular complexity index is 782. The predicted octanol–water partition coefficient (Wildman–Crippen LogP) is 4.77. The molecule has 1 heterocycles. The maximum absolute atomic E-state index is 4.12. The highest BCUT2D eigenvalue weighted by molar-refractivity contribution is 5.93. The van der Waals surface area contributed by atoms with Crippen molar-refractivity contribution in [1.29, 1.82) is 0 Å². The summed E-state index contributed by atoms with van der Waals surface area (Å²) in [6.45, 7) is 0. The van der Waals surface area contributed by atoms with E-state index >= 15 is 0 Å². The molecular formula is C21H17N. The summed E-state index contributed by atoms with van der Waals surface area (Å²) in [7, 11) is 0. The van der Waals surface area contributed by atoms with Crippen molar-refractivity contribution in [3.63, 3.8) is 0 Å². The predicted molar refractivity (Wildman–Crippen MR) is 91.5 cm³/mol. The zero-order chi connectivity index (χ0) is 14.8. The Balaban J connectivity index is 1.97. The Morgan fingerprint density at radius 1 is 0.682 bits per heavy atom. The molecule has 0 saturated heterocycles. The van der Waals surface area contributed by atoms with Gasteiger partial charge in [0.15, 0.2) is 0 Å². The molecule has 0 spiro atoms. The average Bonchev–Trinajstić information content (AvgIpc) is 2.74. The first-order valence-corrected chi connectivity index (χ1v) is 7.70. The molecular weight excluding hydrogens is 266 g/mol. The molecule has 0 radical (unpaired) electrons. The van der Waals surface area contributed by atoms with E-state index in [1.165, 1.54) is 33.4 Å². The zero-order valence-electron chi connectivity index (χ0n) is 12.4. The van der Waals surface area contributed by atoms with Crippen LogP contribution >= 0.6 is 0 Å². The normalized spacial score (nSPS) is 13.0. The molecule has 4 rings (SSSR count). The lowest BCUT2D eigenvalue weighted by Crippen LogP contribution is -1.92. The van der Waals surface area contributed by atoms with Gasteiger partial charge in [-0.15, -0.1) is 0 Å². The number of rotatable bonds is 1. The summed E-state index contributed by atoms with van der Waals surface area (Å²) >= 11 is 0. The summed E-state index contributed by atoms with van der Waals surface area (Å²) in [6, 6.07) is 21.6. The van der Waals surface area contributed by atoms with E-state index in [0.29, 0.717) is 0 Å². The zero-order valence-corrected chi connectivity index (χ0v) is 12.4. The second kappa shape index (κ2) is 5.61. The van der Waals surface area contributed by atoms with Crippen LogP contribution in [0, 0.1) is 0 Å². The van der Waals surface area contributed by atoms with Crippen LogP contribution in [-0.4, -0.2) is 4.98 Å². The van der Waals surface area contributed by atoms with Gasteiger partial charge in [0, 0.05) is 12.4 Å². The average molecular weight is 283 g/mol. The first-order chi connectivity index (χ1) is 10.9. The quantitative estimate of drug-likeness (QED) is 0.627. The van der Waals surface area contributed by atoms with Crippen molar-refractivity contribution in [3.8, 4) is 0 Å². The third-order valence-electron chi connectivity index (χ3n) is 4.30. The summed E-state index contributed by atoms with van der Waals surface area (Å²) in [5, 5.41) is 0. The fourth-order valence-electron chi connectivity index (χ4n) is 3.20.